The number of carbonyl (C=O) groups excluding carboxylic acids is 1. The molecule has 5 aliphatic rings. The van der Waals surface area contributed by atoms with Crippen LogP contribution < -0.4 is 4.74 Å². The molecule has 6 rings (SSSR count). The molecule has 5 aliphatic carbocycles. The summed E-state index contributed by atoms with van der Waals surface area (Å²) in [6.45, 7) is 0. The summed E-state index contributed by atoms with van der Waals surface area (Å²) < 4.78 is 6.08. The summed E-state index contributed by atoms with van der Waals surface area (Å²) in [6.07, 6.45) is 6.73. The van der Waals surface area contributed by atoms with Crippen LogP contribution in [-0.2, 0) is 4.79 Å². The first-order chi connectivity index (χ1) is 13.5. The third kappa shape index (κ3) is 2.35. The average molecular weight is 439 g/mol. The minimum Gasteiger partial charge on any atom is -0.496 e. The molecule has 28 heavy (non-hydrogen) atoms. The van der Waals surface area contributed by atoms with Gasteiger partial charge >= 0.3 is 0 Å². The van der Waals surface area contributed by atoms with E-state index in [1.165, 1.54) is 19.3 Å². The Bertz CT molecular complexity index is 892. The van der Waals surface area contributed by atoms with Crippen molar-refractivity contribution in [1.29, 1.82) is 10.5 Å². The lowest BCUT2D eigenvalue weighted by molar-refractivity contribution is -0.145. The molecule has 1 aromatic rings. The van der Waals surface area contributed by atoms with Gasteiger partial charge in [0, 0.05) is 11.3 Å². The summed E-state index contributed by atoms with van der Waals surface area (Å²) in [5, 5.41) is 19.8. The fraction of sp³-hybridized carbons (Fsp3) is 0.609. The number of methoxy groups -OCH3 is 1. The van der Waals surface area contributed by atoms with Gasteiger partial charge in [0.25, 0.3) is 0 Å². The maximum absolute atomic E-state index is 13.8. The lowest BCUT2D eigenvalue weighted by Crippen LogP contribution is -2.50. The number of carbonyl (C=O) groups is 1. The van der Waals surface area contributed by atoms with Crippen molar-refractivity contribution in [3.8, 4) is 17.9 Å². The van der Waals surface area contributed by atoms with Gasteiger partial charge in [0.2, 0.25) is 0 Å². The lowest BCUT2D eigenvalue weighted by Gasteiger charge is -2.56. The summed E-state index contributed by atoms with van der Waals surface area (Å²) in [5.74, 6) is 2.06. The zero-order chi connectivity index (χ0) is 19.7. The maximum Gasteiger partial charge on any atom is 0.161 e. The number of rotatable bonds is 4. The number of hydrogen-bond donors (Lipinski definition) is 0. The van der Waals surface area contributed by atoms with Crippen molar-refractivity contribution in [2.75, 3.05) is 7.11 Å². The van der Waals surface area contributed by atoms with Crippen LogP contribution in [0, 0.1) is 57.2 Å². The number of nitriles is 2. The van der Waals surface area contributed by atoms with Crippen LogP contribution in [-0.4, -0.2) is 12.9 Å². The Hall–Kier alpha value is -1.85. The molecule has 144 valence electrons. The average Bonchev–Trinajstić information content (AvgIpc) is 3.35. The maximum atomic E-state index is 13.8. The zero-order valence-electron chi connectivity index (χ0n) is 16.0. The molecule has 4 nitrogen and oxygen atoms in total. The third-order valence-corrected chi connectivity index (χ3v) is 8.57. The molecule has 5 heteroatoms. The number of ketones is 1. The number of hydrogen-bond acceptors (Lipinski definition) is 4. The van der Waals surface area contributed by atoms with Crippen LogP contribution >= 0.6 is 15.9 Å². The molecule has 0 spiro atoms. The molecule has 0 radical (unpaired) electrons. The van der Waals surface area contributed by atoms with Gasteiger partial charge in [-0.25, -0.2) is 0 Å². The van der Waals surface area contributed by atoms with Crippen molar-refractivity contribution in [2.24, 2.45) is 34.5 Å². The largest absolute Gasteiger partial charge is 0.496 e. The van der Waals surface area contributed by atoms with E-state index in [9.17, 15) is 15.3 Å². The Morgan fingerprint density at radius 2 is 1.68 bits per heavy atom. The van der Waals surface area contributed by atoms with Crippen LogP contribution in [0.25, 0.3) is 0 Å². The van der Waals surface area contributed by atoms with Crippen molar-refractivity contribution in [2.45, 2.75) is 44.4 Å². The zero-order valence-corrected chi connectivity index (χ0v) is 17.5. The van der Waals surface area contributed by atoms with E-state index in [2.05, 4.69) is 28.1 Å². The summed E-state index contributed by atoms with van der Waals surface area (Å²) >= 11 is 3.50. The molecule has 0 aliphatic heterocycles. The fourth-order valence-corrected chi connectivity index (χ4v) is 7.68. The van der Waals surface area contributed by atoms with Crippen LogP contribution in [0.1, 0.15) is 50.0 Å². The highest BCUT2D eigenvalue weighted by Crippen LogP contribution is 2.70. The van der Waals surface area contributed by atoms with E-state index in [1.54, 1.807) is 7.11 Å². The summed E-state index contributed by atoms with van der Waals surface area (Å²) in [7, 11) is 1.60. The van der Waals surface area contributed by atoms with E-state index in [0.717, 1.165) is 29.3 Å². The van der Waals surface area contributed by atoms with Gasteiger partial charge < -0.3 is 4.74 Å². The molecule has 0 heterocycles. The predicted octanol–water partition coefficient (Wildman–Crippen LogP) is 4.99. The van der Waals surface area contributed by atoms with Crippen molar-refractivity contribution >= 4 is 21.7 Å². The van der Waals surface area contributed by atoms with Crippen LogP contribution in [0.2, 0.25) is 0 Å². The molecular formula is C23H23BrN2O2. The molecule has 1 aromatic carbocycles. The van der Waals surface area contributed by atoms with Gasteiger partial charge in [-0.3, -0.25) is 4.79 Å². The number of halogens is 1. The predicted molar refractivity (Wildman–Crippen MR) is 106 cm³/mol. The van der Waals surface area contributed by atoms with Gasteiger partial charge in [-0.1, -0.05) is 6.07 Å². The molecule has 0 aromatic heterocycles. The number of nitrogens with zero attached hydrogens (tertiary/aromatic N) is 2. The molecule has 2 atom stereocenters. The van der Waals surface area contributed by atoms with Gasteiger partial charge in [-0.2, -0.15) is 10.5 Å². The monoisotopic (exact) mass is 438 g/mol. The van der Waals surface area contributed by atoms with Crippen LogP contribution in [0.3, 0.4) is 0 Å². The number of ether oxygens (including phenoxy) is 1. The Morgan fingerprint density at radius 3 is 2.14 bits per heavy atom. The second kappa shape index (κ2) is 6.07. The first-order valence-corrected chi connectivity index (χ1v) is 11.0. The normalized spacial score (nSPS) is 39.1. The van der Waals surface area contributed by atoms with Crippen molar-refractivity contribution < 1.29 is 9.53 Å². The summed E-state index contributed by atoms with van der Waals surface area (Å²) in [5.41, 5.74) is -0.635. The van der Waals surface area contributed by atoms with Gasteiger partial charge in [0.05, 0.1) is 29.6 Å². The standard InChI is InChI=1S/C23H23BrN2O2/c1-28-18-3-2-16(7-17(18)24)19-20(23(19,11-25)12-26)21(27)22-8-13-4-14(9-22)6-15(5-13)10-22/h2-3,7,13-15,19-20H,4-6,8-10H2,1H3/t13?,14?,15?,19?,20-,22?/m0/s1. The highest BCUT2D eigenvalue weighted by molar-refractivity contribution is 9.10. The highest BCUT2D eigenvalue weighted by atomic mass is 79.9. The van der Waals surface area contributed by atoms with E-state index in [4.69, 9.17) is 4.74 Å². The Labute approximate surface area is 174 Å². The van der Waals surface area contributed by atoms with Crippen molar-refractivity contribution in [3.63, 3.8) is 0 Å². The van der Waals surface area contributed by atoms with Gasteiger partial charge in [-0.05, 0) is 89.9 Å². The number of Topliss-reactive ketones (excluding diaryl/α,β-unsaturated/α-hetero) is 1. The SMILES string of the molecule is COc1ccc(C2[C@@H](C(=O)C34CC5CC(CC(C5)C3)C4)C2(C#N)C#N)cc1Br. The van der Waals surface area contributed by atoms with Gasteiger partial charge in [0.15, 0.2) is 5.41 Å². The topological polar surface area (TPSA) is 73.9 Å². The van der Waals surface area contributed by atoms with Crippen molar-refractivity contribution in [3.05, 3.63) is 28.2 Å². The third-order valence-electron chi connectivity index (χ3n) is 7.95. The minimum atomic E-state index is -1.23. The van der Waals surface area contributed by atoms with Gasteiger partial charge in [0.1, 0.15) is 11.5 Å². The fourth-order valence-electron chi connectivity index (χ4n) is 7.12. The minimum absolute atomic E-state index is 0.201. The lowest BCUT2D eigenvalue weighted by atomic mass is 9.48. The first kappa shape index (κ1) is 18.2. The molecule has 0 saturated heterocycles. The van der Waals surface area contributed by atoms with Crippen LogP contribution in [0.15, 0.2) is 22.7 Å². The van der Waals surface area contributed by atoms with Gasteiger partial charge in [-0.15, -0.1) is 0 Å². The molecule has 5 fully saturated rings. The number of benzene rings is 1. The second-order valence-electron chi connectivity index (χ2n) is 9.50. The molecule has 4 bridgehead atoms. The van der Waals surface area contributed by atoms with Crippen molar-refractivity contribution in [1.82, 2.24) is 0 Å². The van der Waals surface area contributed by atoms with Crippen LogP contribution in [0.4, 0.5) is 0 Å². The van der Waals surface area contributed by atoms with E-state index in [1.807, 2.05) is 18.2 Å². The molecule has 1 unspecified atom stereocenters. The summed E-state index contributed by atoms with van der Waals surface area (Å²) in [4.78, 5) is 13.8. The molecular weight excluding hydrogens is 416 g/mol. The summed E-state index contributed by atoms with van der Waals surface area (Å²) in [6, 6.07) is 10.1. The van der Waals surface area contributed by atoms with E-state index in [-0.39, 0.29) is 17.1 Å². The van der Waals surface area contributed by atoms with Crippen LogP contribution in [0.5, 0.6) is 5.75 Å². The molecule has 5 saturated carbocycles. The van der Waals surface area contributed by atoms with E-state index < -0.39 is 11.3 Å². The molecule has 0 amide bonds. The highest BCUT2D eigenvalue weighted by Gasteiger charge is 2.73. The quantitative estimate of drug-likeness (QED) is 0.663. The Morgan fingerprint density at radius 1 is 1.11 bits per heavy atom. The van der Waals surface area contributed by atoms with E-state index in [0.29, 0.717) is 23.5 Å². The van der Waals surface area contributed by atoms with E-state index >= 15 is 0 Å². The Kier molecular flexibility index (Phi) is 3.95. The molecule has 0 N–H and O–H groups in total. The first-order valence-electron chi connectivity index (χ1n) is 10.2. The Balaban J connectivity index is 1.50. The smallest absolute Gasteiger partial charge is 0.161 e. The second-order valence-corrected chi connectivity index (χ2v) is 10.4.